The Hall–Kier alpha value is -1.07. The SMILES string of the molecule is C/C=C\CC(CCO)N1CCN(C(=O)OC(C)(C)C)CC1. The van der Waals surface area contributed by atoms with E-state index in [0.29, 0.717) is 19.1 Å². The predicted octanol–water partition coefficient (Wildman–Crippen LogP) is 2.26. The van der Waals surface area contributed by atoms with Gasteiger partial charge in [0, 0.05) is 38.8 Å². The number of nitrogens with zero attached hydrogens (tertiary/aromatic N) is 2. The van der Waals surface area contributed by atoms with E-state index in [9.17, 15) is 9.90 Å². The Morgan fingerprint density at radius 2 is 1.90 bits per heavy atom. The van der Waals surface area contributed by atoms with Gasteiger partial charge in [-0.3, -0.25) is 4.90 Å². The first-order valence-electron chi connectivity index (χ1n) is 7.81. The molecular formula is C16H30N2O3. The number of hydrogen-bond donors (Lipinski definition) is 1. The fourth-order valence-corrected chi connectivity index (χ4v) is 2.49. The summed E-state index contributed by atoms with van der Waals surface area (Å²) in [6.07, 6.45) is 5.68. The Labute approximate surface area is 128 Å². The molecular weight excluding hydrogens is 268 g/mol. The zero-order valence-electron chi connectivity index (χ0n) is 13.8. The van der Waals surface area contributed by atoms with Gasteiger partial charge in [0.2, 0.25) is 0 Å². The second-order valence-corrected chi connectivity index (χ2v) is 6.47. The van der Waals surface area contributed by atoms with E-state index in [1.807, 2.05) is 33.8 Å². The van der Waals surface area contributed by atoms with E-state index in [4.69, 9.17) is 4.74 Å². The molecule has 1 fully saturated rings. The normalized spacial score (nSPS) is 19.0. The van der Waals surface area contributed by atoms with Gasteiger partial charge in [-0.25, -0.2) is 4.79 Å². The van der Waals surface area contributed by atoms with Crippen LogP contribution in [-0.2, 0) is 4.74 Å². The maximum atomic E-state index is 12.0. The molecule has 1 heterocycles. The summed E-state index contributed by atoms with van der Waals surface area (Å²) < 4.78 is 5.40. The van der Waals surface area contributed by atoms with Crippen molar-refractivity contribution in [1.29, 1.82) is 0 Å². The molecule has 1 rings (SSSR count). The van der Waals surface area contributed by atoms with Gasteiger partial charge < -0.3 is 14.7 Å². The van der Waals surface area contributed by atoms with Gasteiger partial charge in [0.05, 0.1) is 0 Å². The Morgan fingerprint density at radius 1 is 1.29 bits per heavy atom. The second-order valence-electron chi connectivity index (χ2n) is 6.47. The molecule has 1 N–H and O–H groups in total. The average molecular weight is 298 g/mol. The van der Waals surface area contributed by atoms with E-state index in [0.717, 1.165) is 25.9 Å². The molecule has 0 aromatic carbocycles. The van der Waals surface area contributed by atoms with Crippen molar-refractivity contribution in [2.75, 3.05) is 32.8 Å². The van der Waals surface area contributed by atoms with E-state index < -0.39 is 5.60 Å². The number of aliphatic hydroxyl groups is 1. The molecule has 1 aliphatic heterocycles. The van der Waals surface area contributed by atoms with E-state index in [-0.39, 0.29) is 12.7 Å². The third-order valence-corrected chi connectivity index (χ3v) is 3.59. The number of piperazine rings is 1. The lowest BCUT2D eigenvalue weighted by molar-refractivity contribution is 0.00909. The van der Waals surface area contributed by atoms with Gasteiger partial charge in [0.1, 0.15) is 5.60 Å². The van der Waals surface area contributed by atoms with E-state index >= 15 is 0 Å². The summed E-state index contributed by atoms with van der Waals surface area (Å²) >= 11 is 0. The van der Waals surface area contributed by atoms with Crippen molar-refractivity contribution in [2.24, 2.45) is 0 Å². The van der Waals surface area contributed by atoms with Gasteiger partial charge in [0.15, 0.2) is 0 Å². The molecule has 0 spiro atoms. The predicted molar refractivity (Wildman–Crippen MR) is 84.3 cm³/mol. The molecule has 0 radical (unpaired) electrons. The summed E-state index contributed by atoms with van der Waals surface area (Å²) in [4.78, 5) is 16.2. The van der Waals surface area contributed by atoms with Gasteiger partial charge in [0.25, 0.3) is 0 Å². The number of aliphatic hydroxyl groups excluding tert-OH is 1. The highest BCUT2D eigenvalue weighted by Crippen LogP contribution is 2.16. The first-order valence-corrected chi connectivity index (χ1v) is 7.81. The molecule has 5 heteroatoms. The number of carbonyl (C=O) groups is 1. The van der Waals surface area contributed by atoms with Gasteiger partial charge in [-0.2, -0.15) is 0 Å². The highest BCUT2D eigenvalue weighted by atomic mass is 16.6. The fourth-order valence-electron chi connectivity index (χ4n) is 2.49. The number of rotatable bonds is 5. The minimum Gasteiger partial charge on any atom is -0.444 e. The molecule has 0 aromatic rings. The van der Waals surface area contributed by atoms with Crippen LogP contribution in [0.1, 0.15) is 40.5 Å². The summed E-state index contributed by atoms with van der Waals surface area (Å²) in [7, 11) is 0. The van der Waals surface area contributed by atoms with Crippen LogP contribution in [-0.4, -0.2) is 65.4 Å². The summed E-state index contributed by atoms with van der Waals surface area (Å²) in [5.41, 5.74) is -0.445. The van der Waals surface area contributed by atoms with Crippen molar-refractivity contribution >= 4 is 6.09 Å². The molecule has 1 saturated heterocycles. The summed E-state index contributed by atoms with van der Waals surface area (Å²) in [5.74, 6) is 0. The molecule has 0 aliphatic carbocycles. The Morgan fingerprint density at radius 3 is 2.38 bits per heavy atom. The Kier molecular flexibility index (Phi) is 7.18. The maximum Gasteiger partial charge on any atom is 0.410 e. The quantitative estimate of drug-likeness (QED) is 0.791. The lowest BCUT2D eigenvalue weighted by Gasteiger charge is -2.39. The largest absolute Gasteiger partial charge is 0.444 e. The average Bonchev–Trinajstić information content (AvgIpc) is 2.42. The molecule has 122 valence electrons. The second kappa shape index (κ2) is 8.39. The lowest BCUT2D eigenvalue weighted by atomic mass is 10.1. The van der Waals surface area contributed by atoms with Crippen LogP contribution in [0, 0.1) is 0 Å². The zero-order chi connectivity index (χ0) is 15.9. The molecule has 0 bridgehead atoms. The van der Waals surface area contributed by atoms with Crippen molar-refractivity contribution in [3.63, 3.8) is 0 Å². The number of ether oxygens (including phenoxy) is 1. The van der Waals surface area contributed by atoms with Crippen LogP contribution in [0.3, 0.4) is 0 Å². The minimum absolute atomic E-state index is 0.203. The van der Waals surface area contributed by atoms with Gasteiger partial charge in [-0.05, 0) is 40.5 Å². The Balaban J connectivity index is 2.47. The number of amides is 1. The van der Waals surface area contributed by atoms with Gasteiger partial charge in [-0.15, -0.1) is 0 Å². The van der Waals surface area contributed by atoms with Crippen molar-refractivity contribution < 1.29 is 14.6 Å². The molecule has 1 unspecified atom stereocenters. The minimum atomic E-state index is -0.445. The number of allylic oxidation sites excluding steroid dienone is 1. The first-order chi connectivity index (χ1) is 9.87. The number of carbonyl (C=O) groups excluding carboxylic acids is 1. The van der Waals surface area contributed by atoms with Crippen molar-refractivity contribution in [3.05, 3.63) is 12.2 Å². The van der Waals surface area contributed by atoms with Crippen LogP contribution in [0.25, 0.3) is 0 Å². The van der Waals surface area contributed by atoms with Crippen molar-refractivity contribution in [1.82, 2.24) is 9.80 Å². The molecule has 0 saturated carbocycles. The molecule has 21 heavy (non-hydrogen) atoms. The van der Waals surface area contributed by atoms with E-state index in [1.54, 1.807) is 4.90 Å². The van der Waals surface area contributed by atoms with Gasteiger partial charge >= 0.3 is 6.09 Å². The highest BCUT2D eigenvalue weighted by Gasteiger charge is 2.28. The van der Waals surface area contributed by atoms with Crippen LogP contribution in [0.4, 0.5) is 4.79 Å². The summed E-state index contributed by atoms with van der Waals surface area (Å²) in [6, 6.07) is 0.354. The van der Waals surface area contributed by atoms with E-state index in [1.165, 1.54) is 0 Å². The third kappa shape index (κ3) is 6.48. The van der Waals surface area contributed by atoms with Crippen molar-refractivity contribution in [2.45, 2.75) is 52.2 Å². The standard InChI is InChI=1S/C16H30N2O3/c1-5-6-7-14(8-13-19)17-9-11-18(12-10-17)15(20)21-16(2,3)4/h5-6,14,19H,7-13H2,1-4H3/b6-5-. The summed E-state index contributed by atoms with van der Waals surface area (Å²) in [6.45, 7) is 10.9. The number of hydrogen-bond acceptors (Lipinski definition) is 4. The van der Waals surface area contributed by atoms with Crippen LogP contribution in [0.5, 0.6) is 0 Å². The van der Waals surface area contributed by atoms with Crippen LogP contribution < -0.4 is 0 Å². The smallest absolute Gasteiger partial charge is 0.410 e. The molecule has 5 nitrogen and oxygen atoms in total. The van der Waals surface area contributed by atoms with Crippen molar-refractivity contribution in [3.8, 4) is 0 Å². The molecule has 1 amide bonds. The molecule has 1 atom stereocenters. The van der Waals surface area contributed by atoms with E-state index in [2.05, 4.69) is 11.0 Å². The first kappa shape index (κ1) is 18.0. The van der Waals surface area contributed by atoms with Crippen LogP contribution >= 0.6 is 0 Å². The lowest BCUT2D eigenvalue weighted by Crippen LogP contribution is -2.52. The Bertz CT molecular complexity index is 342. The maximum absolute atomic E-state index is 12.0. The van der Waals surface area contributed by atoms with Crippen LogP contribution in [0.15, 0.2) is 12.2 Å². The zero-order valence-corrected chi connectivity index (χ0v) is 13.8. The topological polar surface area (TPSA) is 53.0 Å². The monoisotopic (exact) mass is 298 g/mol. The van der Waals surface area contributed by atoms with Crippen LogP contribution in [0.2, 0.25) is 0 Å². The fraction of sp³-hybridized carbons (Fsp3) is 0.812. The third-order valence-electron chi connectivity index (χ3n) is 3.59. The molecule has 0 aromatic heterocycles. The highest BCUT2D eigenvalue weighted by molar-refractivity contribution is 5.68. The summed E-state index contributed by atoms with van der Waals surface area (Å²) in [5, 5.41) is 9.20. The van der Waals surface area contributed by atoms with Gasteiger partial charge in [-0.1, -0.05) is 12.2 Å². The molecule has 1 aliphatic rings.